The SMILES string of the molecule is COC(=O)C1=C(O)c2cc(F)ccc2N(Cc2ccc(C)c(F)c2)C(=O)C1. The van der Waals surface area contributed by atoms with Gasteiger partial charge in [-0.3, -0.25) is 4.79 Å². The maximum atomic E-state index is 13.9. The molecule has 1 heterocycles. The molecule has 3 rings (SSSR count). The van der Waals surface area contributed by atoms with Crippen molar-refractivity contribution in [1.82, 2.24) is 0 Å². The van der Waals surface area contributed by atoms with Gasteiger partial charge in [-0.25, -0.2) is 13.6 Å². The van der Waals surface area contributed by atoms with E-state index in [0.29, 0.717) is 11.1 Å². The molecule has 0 saturated heterocycles. The molecule has 27 heavy (non-hydrogen) atoms. The Kier molecular flexibility index (Phi) is 4.94. The lowest BCUT2D eigenvalue weighted by molar-refractivity contribution is -0.137. The number of halogens is 2. The van der Waals surface area contributed by atoms with Gasteiger partial charge >= 0.3 is 5.97 Å². The van der Waals surface area contributed by atoms with Crippen molar-refractivity contribution in [3.8, 4) is 0 Å². The van der Waals surface area contributed by atoms with E-state index in [9.17, 15) is 23.5 Å². The van der Waals surface area contributed by atoms with Crippen LogP contribution in [0.3, 0.4) is 0 Å². The molecule has 2 aromatic rings. The highest BCUT2D eigenvalue weighted by atomic mass is 19.1. The van der Waals surface area contributed by atoms with E-state index in [-0.39, 0.29) is 23.4 Å². The fourth-order valence-electron chi connectivity index (χ4n) is 2.94. The van der Waals surface area contributed by atoms with Gasteiger partial charge in [0.15, 0.2) is 0 Å². The van der Waals surface area contributed by atoms with E-state index in [1.807, 2.05) is 0 Å². The fraction of sp³-hybridized carbons (Fsp3) is 0.200. The first kappa shape index (κ1) is 18.6. The molecule has 1 amide bonds. The first-order chi connectivity index (χ1) is 12.8. The number of ether oxygens (including phenoxy) is 1. The zero-order chi connectivity index (χ0) is 19.7. The lowest BCUT2D eigenvalue weighted by Gasteiger charge is -2.23. The number of aliphatic hydroxyl groups excluding tert-OH is 1. The molecule has 0 radical (unpaired) electrons. The summed E-state index contributed by atoms with van der Waals surface area (Å²) in [7, 11) is 1.12. The standard InChI is InChI=1S/C20H17F2NO4/c1-11-3-4-12(7-16(11)22)10-23-17-6-5-13(21)8-14(17)19(25)15(9-18(23)24)20(26)27-2/h3-8,25H,9-10H2,1-2H3. The summed E-state index contributed by atoms with van der Waals surface area (Å²) in [5, 5.41) is 10.5. The minimum Gasteiger partial charge on any atom is -0.507 e. The van der Waals surface area contributed by atoms with Crippen LogP contribution in [0.5, 0.6) is 0 Å². The number of anilines is 1. The summed E-state index contributed by atoms with van der Waals surface area (Å²) in [6.07, 6.45) is -0.427. The van der Waals surface area contributed by atoms with Gasteiger partial charge in [0.05, 0.1) is 31.3 Å². The second kappa shape index (κ2) is 7.19. The minimum atomic E-state index is -0.876. The Morgan fingerprint density at radius 3 is 2.63 bits per heavy atom. The molecule has 0 atom stereocenters. The quantitative estimate of drug-likeness (QED) is 0.834. The number of hydrogen-bond donors (Lipinski definition) is 1. The van der Waals surface area contributed by atoms with E-state index in [2.05, 4.69) is 4.74 Å². The van der Waals surface area contributed by atoms with Crippen molar-refractivity contribution >= 4 is 23.3 Å². The normalized spacial score (nSPS) is 14.1. The molecule has 0 aromatic heterocycles. The van der Waals surface area contributed by atoms with E-state index in [0.717, 1.165) is 19.2 Å². The summed E-state index contributed by atoms with van der Waals surface area (Å²) >= 11 is 0. The number of nitrogens with zero attached hydrogens (tertiary/aromatic N) is 1. The monoisotopic (exact) mass is 373 g/mol. The summed E-state index contributed by atoms with van der Waals surface area (Å²) in [5.74, 6) is -2.94. The van der Waals surface area contributed by atoms with Crippen LogP contribution in [0.1, 0.15) is 23.1 Å². The minimum absolute atomic E-state index is 0.00357. The van der Waals surface area contributed by atoms with Crippen LogP contribution in [0.2, 0.25) is 0 Å². The molecule has 1 N–H and O–H groups in total. The zero-order valence-electron chi connectivity index (χ0n) is 14.8. The lowest BCUT2D eigenvalue weighted by atomic mass is 10.1. The van der Waals surface area contributed by atoms with Crippen LogP contribution in [0, 0.1) is 18.6 Å². The van der Waals surface area contributed by atoms with Crippen molar-refractivity contribution in [3.05, 3.63) is 70.3 Å². The third-order valence-corrected chi connectivity index (χ3v) is 4.43. The maximum absolute atomic E-state index is 13.9. The van der Waals surface area contributed by atoms with Crippen LogP contribution in [-0.2, 0) is 20.9 Å². The Morgan fingerprint density at radius 1 is 1.22 bits per heavy atom. The molecule has 0 bridgehead atoms. The molecular formula is C20H17F2NO4. The predicted molar refractivity (Wildman–Crippen MR) is 94.9 cm³/mol. The average Bonchev–Trinajstić information content (AvgIpc) is 2.74. The molecule has 1 aliphatic heterocycles. The van der Waals surface area contributed by atoms with Gasteiger partial charge in [-0.15, -0.1) is 0 Å². The van der Waals surface area contributed by atoms with Crippen molar-refractivity contribution in [3.63, 3.8) is 0 Å². The fourth-order valence-corrected chi connectivity index (χ4v) is 2.94. The van der Waals surface area contributed by atoms with Crippen molar-refractivity contribution < 1.29 is 28.2 Å². The highest BCUT2D eigenvalue weighted by molar-refractivity contribution is 6.09. The van der Waals surface area contributed by atoms with E-state index >= 15 is 0 Å². The van der Waals surface area contributed by atoms with Crippen molar-refractivity contribution in [2.75, 3.05) is 12.0 Å². The molecule has 140 valence electrons. The molecule has 0 spiro atoms. The van der Waals surface area contributed by atoms with Crippen LogP contribution in [0.15, 0.2) is 42.0 Å². The van der Waals surface area contributed by atoms with E-state index < -0.39 is 35.7 Å². The third-order valence-electron chi connectivity index (χ3n) is 4.43. The first-order valence-electron chi connectivity index (χ1n) is 8.17. The molecule has 0 unspecified atom stereocenters. The van der Waals surface area contributed by atoms with Gasteiger partial charge in [0.2, 0.25) is 5.91 Å². The molecule has 0 saturated carbocycles. The molecule has 1 aliphatic rings. The van der Waals surface area contributed by atoms with E-state index in [1.54, 1.807) is 19.1 Å². The molecule has 7 heteroatoms. The molecule has 0 fully saturated rings. The van der Waals surface area contributed by atoms with E-state index in [1.165, 1.54) is 17.0 Å². The number of aliphatic hydroxyl groups is 1. The van der Waals surface area contributed by atoms with Crippen LogP contribution in [-0.4, -0.2) is 24.1 Å². The maximum Gasteiger partial charge on any atom is 0.338 e. The molecule has 5 nitrogen and oxygen atoms in total. The van der Waals surface area contributed by atoms with Gasteiger partial charge in [0.1, 0.15) is 17.4 Å². The van der Waals surface area contributed by atoms with E-state index in [4.69, 9.17) is 0 Å². The van der Waals surface area contributed by atoms with Gasteiger partial charge in [-0.05, 0) is 42.3 Å². The third kappa shape index (κ3) is 3.53. The number of esters is 1. The lowest BCUT2D eigenvalue weighted by Crippen LogP contribution is -2.30. The van der Waals surface area contributed by atoms with Crippen LogP contribution in [0.4, 0.5) is 14.5 Å². The number of methoxy groups -OCH3 is 1. The predicted octanol–water partition coefficient (Wildman–Crippen LogP) is 3.65. The number of benzene rings is 2. The average molecular weight is 373 g/mol. The van der Waals surface area contributed by atoms with Gasteiger partial charge < -0.3 is 14.7 Å². The Morgan fingerprint density at radius 2 is 1.96 bits per heavy atom. The zero-order valence-corrected chi connectivity index (χ0v) is 14.8. The Bertz CT molecular complexity index is 968. The summed E-state index contributed by atoms with van der Waals surface area (Å²) in [5.41, 5.74) is 0.943. The second-order valence-electron chi connectivity index (χ2n) is 6.22. The summed E-state index contributed by atoms with van der Waals surface area (Å²) in [6.45, 7) is 1.62. The highest BCUT2D eigenvalue weighted by Gasteiger charge is 2.31. The van der Waals surface area contributed by atoms with Crippen LogP contribution in [0.25, 0.3) is 5.76 Å². The smallest absolute Gasteiger partial charge is 0.338 e. The van der Waals surface area contributed by atoms with Crippen molar-refractivity contribution in [1.29, 1.82) is 0 Å². The largest absolute Gasteiger partial charge is 0.507 e. The summed E-state index contributed by atoms with van der Waals surface area (Å²) in [6, 6.07) is 8.09. The molecular weight excluding hydrogens is 356 g/mol. The van der Waals surface area contributed by atoms with Gasteiger partial charge in [-0.2, -0.15) is 0 Å². The number of carbonyl (C=O) groups excluding carboxylic acids is 2. The number of carbonyl (C=O) groups is 2. The Hall–Kier alpha value is -3.22. The Labute approximate surface area is 154 Å². The number of fused-ring (bicyclic) bond motifs is 1. The number of hydrogen-bond acceptors (Lipinski definition) is 4. The van der Waals surface area contributed by atoms with Gasteiger partial charge in [0.25, 0.3) is 0 Å². The molecule has 0 aliphatic carbocycles. The molecule has 2 aromatic carbocycles. The topological polar surface area (TPSA) is 66.8 Å². The summed E-state index contributed by atoms with van der Waals surface area (Å²) in [4.78, 5) is 26.0. The number of amides is 1. The second-order valence-corrected chi connectivity index (χ2v) is 6.22. The number of rotatable bonds is 3. The van der Waals surface area contributed by atoms with Crippen LogP contribution >= 0.6 is 0 Å². The van der Waals surface area contributed by atoms with Gasteiger partial charge in [-0.1, -0.05) is 12.1 Å². The Balaban J connectivity index is 2.10. The van der Waals surface area contributed by atoms with Crippen LogP contribution < -0.4 is 4.90 Å². The highest BCUT2D eigenvalue weighted by Crippen LogP contribution is 2.35. The van der Waals surface area contributed by atoms with Crippen molar-refractivity contribution in [2.24, 2.45) is 0 Å². The number of aryl methyl sites for hydroxylation is 1. The first-order valence-corrected chi connectivity index (χ1v) is 8.17. The van der Waals surface area contributed by atoms with Crippen molar-refractivity contribution in [2.45, 2.75) is 19.9 Å². The summed E-state index contributed by atoms with van der Waals surface area (Å²) < 4.78 is 32.2. The van der Waals surface area contributed by atoms with Gasteiger partial charge in [0, 0.05) is 5.56 Å².